The molecule has 1 amide bonds. The van der Waals surface area contributed by atoms with Gasteiger partial charge in [-0.25, -0.2) is 4.98 Å². The first-order valence-electron chi connectivity index (χ1n) is 7.48. The molecule has 2 fully saturated rings. The highest BCUT2D eigenvalue weighted by Gasteiger charge is 2.40. The molecule has 126 valence electrons. The summed E-state index contributed by atoms with van der Waals surface area (Å²) in [4.78, 5) is 17.2. The molecule has 1 aromatic heterocycles. The van der Waals surface area contributed by atoms with Crippen molar-refractivity contribution in [2.24, 2.45) is 11.8 Å². The number of halogens is 4. The quantitative estimate of drug-likeness (QED) is 0.894. The SMILES string of the molecule is CN(c1ncc(C(F)(F)F)cc1Cl)[C@H]1C[C@H]2CC(=O)NC[C@H]2C1. The van der Waals surface area contributed by atoms with Crippen molar-refractivity contribution in [2.75, 3.05) is 18.5 Å². The third-order valence-corrected chi connectivity index (χ3v) is 5.13. The van der Waals surface area contributed by atoms with Crippen LogP contribution in [0.2, 0.25) is 5.02 Å². The van der Waals surface area contributed by atoms with E-state index in [2.05, 4.69) is 10.3 Å². The minimum atomic E-state index is -4.46. The second-order valence-electron chi connectivity index (χ2n) is 6.29. The lowest BCUT2D eigenvalue weighted by atomic mass is 9.89. The Morgan fingerprint density at radius 3 is 2.70 bits per heavy atom. The average Bonchev–Trinajstić information content (AvgIpc) is 2.88. The van der Waals surface area contributed by atoms with Crippen LogP contribution in [0.5, 0.6) is 0 Å². The fourth-order valence-electron chi connectivity index (χ4n) is 3.57. The number of hydrogen-bond acceptors (Lipinski definition) is 3. The zero-order valence-electron chi connectivity index (χ0n) is 12.5. The van der Waals surface area contributed by atoms with Crippen molar-refractivity contribution in [3.8, 4) is 0 Å². The minimum Gasteiger partial charge on any atom is -0.356 e. The number of carbonyl (C=O) groups excluding carboxylic acids is 1. The summed E-state index contributed by atoms with van der Waals surface area (Å²) in [5.74, 6) is 1.15. The molecule has 4 nitrogen and oxygen atoms in total. The van der Waals surface area contributed by atoms with Gasteiger partial charge in [0.25, 0.3) is 0 Å². The smallest absolute Gasteiger partial charge is 0.356 e. The first-order chi connectivity index (χ1) is 10.8. The molecule has 0 bridgehead atoms. The Kier molecular flexibility index (Phi) is 4.16. The van der Waals surface area contributed by atoms with Crippen LogP contribution in [-0.2, 0) is 11.0 Å². The number of pyridine rings is 1. The lowest BCUT2D eigenvalue weighted by molar-refractivity contribution is -0.137. The summed E-state index contributed by atoms with van der Waals surface area (Å²) in [7, 11) is 1.79. The van der Waals surface area contributed by atoms with Crippen molar-refractivity contribution < 1.29 is 18.0 Å². The van der Waals surface area contributed by atoms with E-state index in [9.17, 15) is 18.0 Å². The van der Waals surface area contributed by atoms with Gasteiger partial charge in [-0.3, -0.25) is 4.79 Å². The second-order valence-corrected chi connectivity index (χ2v) is 6.70. The lowest BCUT2D eigenvalue weighted by Crippen LogP contribution is -2.38. The standard InChI is InChI=1S/C15H17ClF3N3O/c1-22(11-2-8-4-13(23)20-6-9(8)3-11)14-12(16)5-10(7-21-14)15(17,18)19/h5,7-9,11H,2-4,6H2,1H3,(H,20,23)/t8-,9+,11-/m0/s1. The van der Waals surface area contributed by atoms with Gasteiger partial charge in [0.2, 0.25) is 5.91 Å². The third kappa shape index (κ3) is 3.24. The fourth-order valence-corrected chi connectivity index (χ4v) is 3.87. The van der Waals surface area contributed by atoms with Crippen molar-refractivity contribution >= 4 is 23.3 Å². The van der Waals surface area contributed by atoms with E-state index in [0.717, 1.165) is 25.1 Å². The van der Waals surface area contributed by atoms with Crippen molar-refractivity contribution in [2.45, 2.75) is 31.5 Å². The van der Waals surface area contributed by atoms with Gasteiger partial charge in [-0.15, -0.1) is 0 Å². The van der Waals surface area contributed by atoms with Crippen molar-refractivity contribution in [3.63, 3.8) is 0 Å². The lowest BCUT2D eigenvalue weighted by Gasteiger charge is -2.27. The molecule has 0 unspecified atom stereocenters. The molecule has 23 heavy (non-hydrogen) atoms. The highest BCUT2D eigenvalue weighted by molar-refractivity contribution is 6.33. The molecular weight excluding hydrogens is 331 g/mol. The maximum Gasteiger partial charge on any atom is 0.417 e. The van der Waals surface area contributed by atoms with Gasteiger partial charge in [0.15, 0.2) is 0 Å². The van der Waals surface area contributed by atoms with E-state index < -0.39 is 11.7 Å². The van der Waals surface area contributed by atoms with Crippen LogP contribution >= 0.6 is 11.6 Å². The Balaban J connectivity index is 1.76. The van der Waals surface area contributed by atoms with Crippen LogP contribution in [0.15, 0.2) is 12.3 Å². The van der Waals surface area contributed by atoms with Gasteiger partial charge in [0, 0.05) is 32.3 Å². The summed E-state index contributed by atoms with van der Waals surface area (Å²) in [5.41, 5.74) is -0.852. The molecule has 2 heterocycles. The number of carbonyl (C=O) groups is 1. The number of amides is 1. The van der Waals surface area contributed by atoms with Gasteiger partial charge in [0.1, 0.15) is 5.82 Å². The molecule has 0 aromatic carbocycles. The van der Waals surface area contributed by atoms with Crippen LogP contribution in [0.1, 0.15) is 24.8 Å². The molecule has 1 aliphatic heterocycles. The summed E-state index contributed by atoms with van der Waals surface area (Å²) in [6.07, 6.45) is -1.43. The number of nitrogens with one attached hydrogen (secondary N) is 1. The van der Waals surface area contributed by atoms with Crippen LogP contribution in [0, 0.1) is 11.8 Å². The summed E-state index contributed by atoms with van der Waals surface area (Å²) in [6.45, 7) is 0.669. The molecule has 0 radical (unpaired) electrons. The summed E-state index contributed by atoms with van der Waals surface area (Å²) < 4.78 is 38.1. The van der Waals surface area contributed by atoms with Crippen molar-refractivity contribution in [1.82, 2.24) is 10.3 Å². The van der Waals surface area contributed by atoms with Gasteiger partial charge in [-0.2, -0.15) is 13.2 Å². The number of nitrogens with zero attached hydrogens (tertiary/aromatic N) is 2. The molecule has 8 heteroatoms. The first kappa shape index (κ1) is 16.4. The Morgan fingerprint density at radius 1 is 1.35 bits per heavy atom. The zero-order chi connectivity index (χ0) is 16.8. The van der Waals surface area contributed by atoms with E-state index in [4.69, 9.17) is 11.6 Å². The number of rotatable bonds is 2. The average molecular weight is 348 g/mol. The van der Waals surface area contributed by atoms with Crippen LogP contribution in [0.25, 0.3) is 0 Å². The van der Waals surface area contributed by atoms with E-state index in [1.165, 1.54) is 0 Å². The van der Waals surface area contributed by atoms with Gasteiger partial charge in [0.05, 0.1) is 10.6 Å². The molecule has 1 N–H and O–H groups in total. The molecule has 1 saturated carbocycles. The summed E-state index contributed by atoms with van der Waals surface area (Å²) in [6, 6.07) is 1.03. The molecule has 2 aliphatic rings. The molecule has 1 aliphatic carbocycles. The van der Waals surface area contributed by atoms with E-state index in [-0.39, 0.29) is 17.0 Å². The number of alkyl halides is 3. The number of fused-ring (bicyclic) bond motifs is 1. The fraction of sp³-hybridized carbons (Fsp3) is 0.600. The molecule has 1 aromatic rings. The molecular formula is C15H17ClF3N3O. The maximum absolute atomic E-state index is 12.7. The van der Waals surface area contributed by atoms with Gasteiger partial charge in [-0.1, -0.05) is 11.6 Å². The molecule has 3 rings (SSSR count). The summed E-state index contributed by atoms with van der Waals surface area (Å²) in [5, 5.41) is 2.86. The van der Waals surface area contributed by atoms with Crippen LogP contribution in [0.3, 0.4) is 0 Å². The normalized spacial score (nSPS) is 27.5. The Labute approximate surface area is 137 Å². The van der Waals surface area contributed by atoms with Crippen molar-refractivity contribution in [1.29, 1.82) is 0 Å². The van der Waals surface area contributed by atoms with Gasteiger partial charge >= 0.3 is 6.18 Å². The first-order valence-corrected chi connectivity index (χ1v) is 7.85. The monoisotopic (exact) mass is 347 g/mol. The molecule has 1 saturated heterocycles. The van der Waals surface area contributed by atoms with Crippen LogP contribution in [-0.4, -0.2) is 30.5 Å². The maximum atomic E-state index is 12.7. The Bertz CT molecular complexity index is 622. The van der Waals surface area contributed by atoms with Gasteiger partial charge in [-0.05, 0) is 30.7 Å². The van der Waals surface area contributed by atoms with E-state index >= 15 is 0 Å². The van der Waals surface area contributed by atoms with Crippen molar-refractivity contribution in [3.05, 3.63) is 22.8 Å². The second kappa shape index (κ2) is 5.85. The van der Waals surface area contributed by atoms with E-state index in [0.29, 0.717) is 30.6 Å². The predicted molar refractivity (Wildman–Crippen MR) is 80.3 cm³/mol. The Hall–Kier alpha value is -1.50. The van der Waals surface area contributed by atoms with Crippen LogP contribution in [0.4, 0.5) is 19.0 Å². The number of piperidine rings is 1. The third-order valence-electron chi connectivity index (χ3n) is 4.86. The van der Waals surface area contributed by atoms with E-state index in [1.807, 2.05) is 4.90 Å². The van der Waals surface area contributed by atoms with Gasteiger partial charge < -0.3 is 10.2 Å². The molecule has 3 atom stereocenters. The van der Waals surface area contributed by atoms with Crippen LogP contribution < -0.4 is 10.2 Å². The highest BCUT2D eigenvalue weighted by Crippen LogP contribution is 2.41. The number of aromatic nitrogens is 1. The largest absolute Gasteiger partial charge is 0.417 e. The van der Waals surface area contributed by atoms with E-state index in [1.54, 1.807) is 7.05 Å². The Morgan fingerprint density at radius 2 is 2.04 bits per heavy atom. The predicted octanol–water partition coefficient (Wildman–Crippen LogP) is 3.10. The highest BCUT2D eigenvalue weighted by atomic mass is 35.5. The number of anilines is 1. The summed E-state index contributed by atoms with van der Waals surface area (Å²) >= 11 is 6.01. The number of hydrogen-bond donors (Lipinski definition) is 1. The topological polar surface area (TPSA) is 45.2 Å². The zero-order valence-corrected chi connectivity index (χ0v) is 13.3. The minimum absolute atomic E-state index is 0.00796. The molecule has 0 spiro atoms.